The van der Waals surface area contributed by atoms with E-state index in [1.165, 1.54) is 7.11 Å². The molecule has 1 aromatic rings. The summed E-state index contributed by atoms with van der Waals surface area (Å²) in [5.74, 6) is -0.413. The van der Waals surface area contributed by atoms with Gasteiger partial charge in [0.15, 0.2) is 14.0 Å². The van der Waals surface area contributed by atoms with E-state index in [0.717, 1.165) is 0 Å². The molecule has 5 nitrogen and oxygen atoms in total. The molecule has 0 aliphatic carbocycles. The van der Waals surface area contributed by atoms with Crippen LogP contribution in [0.5, 0.6) is 0 Å². The van der Waals surface area contributed by atoms with Crippen molar-refractivity contribution < 1.29 is 14.0 Å². The van der Waals surface area contributed by atoms with E-state index < -0.39 is 14.3 Å². The highest BCUT2D eigenvalue weighted by Crippen LogP contribution is 2.36. The van der Waals surface area contributed by atoms with Gasteiger partial charge in [-0.15, -0.1) is 0 Å². The molecular weight excluding hydrogens is 260 g/mol. The lowest BCUT2D eigenvalue weighted by Gasteiger charge is -2.36. The van der Waals surface area contributed by atoms with Gasteiger partial charge >= 0.3 is 5.97 Å². The summed E-state index contributed by atoms with van der Waals surface area (Å²) in [6.07, 6.45) is 3.31. The Morgan fingerprint density at radius 2 is 2.05 bits per heavy atom. The number of imidazole rings is 1. The zero-order valence-corrected chi connectivity index (χ0v) is 13.7. The molecular formula is C13H24N2O3Si. The molecule has 0 amide bonds. The molecule has 0 unspecified atom stereocenters. The van der Waals surface area contributed by atoms with Crippen LogP contribution in [0, 0.1) is 0 Å². The van der Waals surface area contributed by atoms with Gasteiger partial charge in [0.25, 0.3) is 0 Å². The number of rotatable bonds is 5. The summed E-state index contributed by atoms with van der Waals surface area (Å²) in [5, 5.41) is 0.207. The lowest BCUT2D eigenvalue weighted by molar-refractivity contribution is 0.0594. The maximum absolute atomic E-state index is 11.3. The predicted molar refractivity (Wildman–Crippen MR) is 76.7 cm³/mol. The molecule has 0 aromatic carbocycles. The predicted octanol–water partition coefficient (Wildman–Crippen LogP) is 2.69. The Balaban J connectivity index is 2.50. The molecule has 19 heavy (non-hydrogen) atoms. The standard InChI is InChI=1S/C13H24N2O3Si/c1-13(2,3)19(5,6)18-8-7-15-9-11(14-10-15)12(16)17-4/h9-10H,7-8H2,1-6H3. The average Bonchev–Trinajstić information content (AvgIpc) is 2.75. The highest BCUT2D eigenvalue weighted by atomic mass is 28.4. The van der Waals surface area contributed by atoms with Gasteiger partial charge in [0.05, 0.1) is 20.0 Å². The van der Waals surface area contributed by atoms with Crippen LogP contribution in [0.1, 0.15) is 31.3 Å². The summed E-state index contributed by atoms with van der Waals surface area (Å²) in [4.78, 5) is 15.3. The zero-order valence-electron chi connectivity index (χ0n) is 12.7. The fraction of sp³-hybridized carbons (Fsp3) is 0.692. The molecule has 1 heterocycles. The smallest absolute Gasteiger partial charge is 0.358 e. The Hall–Kier alpha value is -1.14. The highest BCUT2D eigenvalue weighted by Gasteiger charge is 2.36. The van der Waals surface area contributed by atoms with Crippen LogP contribution >= 0.6 is 0 Å². The Labute approximate surface area is 116 Å². The van der Waals surface area contributed by atoms with Crippen LogP contribution in [0.4, 0.5) is 0 Å². The van der Waals surface area contributed by atoms with Crippen molar-refractivity contribution in [2.24, 2.45) is 0 Å². The second-order valence-electron chi connectivity index (χ2n) is 6.10. The van der Waals surface area contributed by atoms with E-state index in [9.17, 15) is 4.79 Å². The molecule has 0 radical (unpaired) electrons. The molecule has 108 valence electrons. The maximum atomic E-state index is 11.3. The third-order valence-electron chi connectivity index (χ3n) is 3.65. The van der Waals surface area contributed by atoms with E-state index in [0.29, 0.717) is 18.8 Å². The van der Waals surface area contributed by atoms with Gasteiger partial charge in [0, 0.05) is 12.7 Å². The highest BCUT2D eigenvalue weighted by molar-refractivity contribution is 6.74. The quantitative estimate of drug-likeness (QED) is 0.616. The summed E-state index contributed by atoms with van der Waals surface area (Å²) in [6, 6.07) is 0. The number of nitrogens with zero attached hydrogens (tertiary/aromatic N) is 2. The van der Waals surface area contributed by atoms with Crippen molar-refractivity contribution in [3.05, 3.63) is 18.2 Å². The normalized spacial score (nSPS) is 12.5. The molecule has 0 saturated heterocycles. The van der Waals surface area contributed by atoms with Crippen molar-refractivity contribution in [2.75, 3.05) is 13.7 Å². The van der Waals surface area contributed by atoms with E-state index in [1.54, 1.807) is 12.5 Å². The van der Waals surface area contributed by atoms with Gasteiger partial charge in [0.1, 0.15) is 0 Å². The van der Waals surface area contributed by atoms with Crippen molar-refractivity contribution in [1.82, 2.24) is 9.55 Å². The summed E-state index contributed by atoms with van der Waals surface area (Å²) in [6.45, 7) is 12.4. The number of esters is 1. The largest absolute Gasteiger partial charge is 0.464 e. The number of aromatic nitrogens is 2. The zero-order chi connectivity index (χ0) is 14.7. The molecule has 1 rings (SSSR count). The van der Waals surface area contributed by atoms with Crippen LogP contribution < -0.4 is 0 Å². The van der Waals surface area contributed by atoms with Gasteiger partial charge < -0.3 is 13.7 Å². The van der Waals surface area contributed by atoms with Crippen molar-refractivity contribution in [3.63, 3.8) is 0 Å². The molecule has 0 spiro atoms. The second-order valence-corrected chi connectivity index (χ2v) is 10.9. The molecule has 0 aliphatic heterocycles. The number of hydrogen-bond donors (Lipinski definition) is 0. The summed E-state index contributed by atoms with van der Waals surface area (Å²) >= 11 is 0. The summed E-state index contributed by atoms with van der Waals surface area (Å²) in [5.41, 5.74) is 0.329. The van der Waals surface area contributed by atoms with E-state index in [4.69, 9.17) is 4.43 Å². The average molecular weight is 284 g/mol. The number of ether oxygens (including phenoxy) is 1. The van der Waals surface area contributed by atoms with Crippen LogP contribution in [-0.2, 0) is 15.7 Å². The monoisotopic (exact) mass is 284 g/mol. The first-order valence-corrected chi connectivity index (χ1v) is 9.32. The van der Waals surface area contributed by atoms with Crippen LogP contribution in [0.15, 0.2) is 12.5 Å². The first-order valence-electron chi connectivity index (χ1n) is 6.41. The lowest BCUT2D eigenvalue weighted by Crippen LogP contribution is -2.41. The Morgan fingerprint density at radius 1 is 1.42 bits per heavy atom. The van der Waals surface area contributed by atoms with Gasteiger partial charge in [-0.2, -0.15) is 0 Å². The molecule has 0 atom stereocenters. The fourth-order valence-electron chi connectivity index (χ4n) is 1.32. The Kier molecular flexibility index (Phi) is 4.92. The first-order chi connectivity index (χ1) is 8.67. The van der Waals surface area contributed by atoms with E-state index in [2.05, 4.69) is 43.6 Å². The van der Waals surface area contributed by atoms with Crippen molar-refractivity contribution in [1.29, 1.82) is 0 Å². The summed E-state index contributed by atoms with van der Waals surface area (Å²) in [7, 11) is -0.357. The fourth-order valence-corrected chi connectivity index (χ4v) is 2.35. The van der Waals surface area contributed by atoms with E-state index >= 15 is 0 Å². The minimum absolute atomic E-state index is 0.207. The summed E-state index contributed by atoms with van der Waals surface area (Å²) < 4.78 is 12.5. The van der Waals surface area contributed by atoms with Crippen molar-refractivity contribution >= 4 is 14.3 Å². The Bertz CT molecular complexity index is 435. The molecule has 0 fully saturated rings. The molecule has 6 heteroatoms. The molecule has 0 bridgehead atoms. The van der Waals surface area contributed by atoms with Crippen LogP contribution in [0.25, 0.3) is 0 Å². The third kappa shape index (κ3) is 4.17. The number of hydrogen-bond acceptors (Lipinski definition) is 4. The van der Waals surface area contributed by atoms with Crippen LogP contribution in [0.2, 0.25) is 18.1 Å². The van der Waals surface area contributed by atoms with Crippen molar-refractivity contribution in [3.8, 4) is 0 Å². The number of methoxy groups -OCH3 is 1. The number of carbonyl (C=O) groups excluding carboxylic acids is 1. The second kappa shape index (κ2) is 5.88. The van der Waals surface area contributed by atoms with Crippen LogP contribution in [-0.4, -0.2) is 37.6 Å². The van der Waals surface area contributed by atoms with Gasteiger partial charge in [-0.25, -0.2) is 9.78 Å². The number of carbonyl (C=O) groups is 1. The van der Waals surface area contributed by atoms with Gasteiger partial charge in [-0.1, -0.05) is 20.8 Å². The van der Waals surface area contributed by atoms with E-state index in [1.807, 2.05) is 4.57 Å². The van der Waals surface area contributed by atoms with Gasteiger partial charge in [-0.3, -0.25) is 0 Å². The molecule has 0 aliphatic rings. The third-order valence-corrected chi connectivity index (χ3v) is 8.18. The van der Waals surface area contributed by atoms with Crippen molar-refractivity contribution in [2.45, 2.75) is 45.4 Å². The van der Waals surface area contributed by atoms with E-state index in [-0.39, 0.29) is 5.04 Å². The first kappa shape index (κ1) is 15.9. The molecule has 1 aromatic heterocycles. The van der Waals surface area contributed by atoms with Gasteiger partial charge in [0.2, 0.25) is 0 Å². The Morgan fingerprint density at radius 3 is 2.58 bits per heavy atom. The topological polar surface area (TPSA) is 53.4 Å². The van der Waals surface area contributed by atoms with Gasteiger partial charge in [-0.05, 0) is 18.1 Å². The maximum Gasteiger partial charge on any atom is 0.358 e. The minimum Gasteiger partial charge on any atom is -0.464 e. The SMILES string of the molecule is COC(=O)c1cn(CCO[Si](C)(C)C(C)(C)C)cn1. The minimum atomic E-state index is -1.71. The molecule has 0 saturated carbocycles. The van der Waals surface area contributed by atoms with Crippen LogP contribution in [0.3, 0.4) is 0 Å². The molecule has 0 N–H and O–H groups in total. The lowest BCUT2D eigenvalue weighted by atomic mass is 10.2.